The number of rotatable bonds is 6. The second kappa shape index (κ2) is 6.92. The number of hydrogen-bond donors (Lipinski definition) is 1. The summed E-state index contributed by atoms with van der Waals surface area (Å²) in [5.74, 6) is 7.23. The first-order valence-electron chi connectivity index (χ1n) is 7.03. The third kappa shape index (κ3) is 4.51. The molecule has 0 unspecified atom stereocenters. The molecule has 0 saturated heterocycles. The first kappa shape index (κ1) is 16.0. The highest BCUT2D eigenvalue weighted by atomic mass is 16.5. The smallest absolute Gasteiger partial charge is 0.123 e. The number of nitrogens with two attached hydrogens (primary N) is 1. The van der Waals surface area contributed by atoms with Gasteiger partial charge < -0.3 is 4.74 Å². The van der Waals surface area contributed by atoms with Crippen molar-refractivity contribution in [1.29, 1.82) is 0 Å². The Balaban J connectivity index is 2.84. The Labute approximate surface area is 117 Å². The minimum Gasteiger partial charge on any atom is -0.496 e. The van der Waals surface area contributed by atoms with Crippen molar-refractivity contribution in [2.75, 3.05) is 7.11 Å². The molecule has 108 valence electrons. The Kier molecular flexibility index (Phi) is 5.83. The summed E-state index contributed by atoms with van der Waals surface area (Å²) in [5.41, 5.74) is 1.31. The summed E-state index contributed by atoms with van der Waals surface area (Å²) in [7, 11) is 1.70. The molecule has 0 aromatic heterocycles. The molecule has 0 aliphatic rings. The first-order chi connectivity index (χ1) is 8.90. The van der Waals surface area contributed by atoms with Gasteiger partial charge in [-0.25, -0.2) is 5.01 Å². The molecule has 0 heterocycles. The van der Waals surface area contributed by atoms with E-state index in [2.05, 4.69) is 33.8 Å². The van der Waals surface area contributed by atoms with Crippen molar-refractivity contribution < 1.29 is 4.74 Å². The second-order valence-electron chi connectivity index (χ2n) is 6.15. The number of ether oxygens (including phenoxy) is 1. The van der Waals surface area contributed by atoms with Crippen LogP contribution < -0.4 is 10.6 Å². The van der Waals surface area contributed by atoms with Crippen LogP contribution in [0.5, 0.6) is 5.75 Å². The van der Waals surface area contributed by atoms with Gasteiger partial charge in [-0.3, -0.25) is 5.84 Å². The van der Waals surface area contributed by atoms with Crippen molar-refractivity contribution >= 4 is 0 Å². The largest absolute Gasteiger partial charge is 0.496 e. The van der Waals surface area contributed by atoms with Crippen LogP contribution in [0.3, 0.4) is 0 Å². The van der Waals surface area contributed by atoms with Crippen molar-refractivity contribution in [2.45, 2.75) is 53.1 Å². The molecule has 0 saturated carbocycles. The summed E-state index contributed by atoms with van der Waals surface area (Å²) in [5, 5.41) is 1.96. The molecule has 1 aromatic rings. The van der Waals surface area contributed by atoms with Gasteiger partial charge in [0.2, 0.25) is 0 Å². The van der Waals surface area contributed by atoms with Gasteiger partial charge >= 0.3 is 0 Å². The summed E-state index contributed by atoms with van der Waals surface area (Å²) < 4.78 is 5.39. The van der Waals surface area contributed by atoms with E-state index in [-0.39, 0.29) is 5.41 Å². The van der Waals surface area contributed by atoms with Gasteiger partial charge in [-0.15, -0.1) is 0 Å². The van der Waals surface area contributed by atoms with Crippen LogP contribution in [-0.2, 0) is 6.54 Å². The number of para-hydroxylation sites is 1. The summed E-state index contributed by atoms with van der Waals surface area (Å²) in [4.78, 5) is 0. The van der Waals surface area contributed by atoms with E-state index in [4.69, 9.17) is 10.6 Å². The maximum atomic E-state index is 6.32. The third-order valence-electron chi connectivity index (χ3n) is 3.51. The van der Waals surface area contributed by atoms with Crippen LogP contribution >= 0.6 is 0 Å². The zero-order valence-electron chi connectivity index (χ0n) is 12.9. The quantitative estimate of drug-likeness (QED) is 0.630. The molecule has 0 aliphatic heterocycles. The minimum atomic E-state index is 0.173. The Morgan fingerprint density at radius 3 is 2.42 bits per heavy atom. The molecule has 0 bridgehead atoms. The minimum absolute atomic E-state index is 0.173. The standard InChI is InChI=1S/C16H28N2O/c1-6-9-15(16(2,3)4)18(17)12-13-10-7-8-11-14(13)19-5/h7-8,10-11,15H,6,9,12,17H2,1-5H3/t15-/m1/s1. The Morgan fingerprint density at radius 2 is 1.89 bits per heavy atom. The van der Waals surface area contributed by atoms with Crippen molar-refractivity contribution in [2.24, 2.45) is 11.3 Å². The average Bonchev–Trinajstić information content (AvgIpc) is 2.35. The Hall–Kier alpha value is -1.06. The number of hydrogen-bond acceptors (Lipinski definition) is 3. The number of nitrogens with zero attached hydrogens (tertiary/aromatic N) is 1. The van der Waals surface area contributed by atoms with Gasteiger partial charge in [0.15, 0.2) is 0 Å². The number of benzene rings is 1. The fourth-order valence-electron chi connectivity index (χ4n) is 2.51. The molecule has 0 amide bonds. The van der Waals surface area contributed by atoms with Crippen molar-refractivity contribution in [3.05, 3.63) is 29.8 Å². The maximum Gasteiger partial charge on any atom is 0.123 e. The van der Waals surface area contributed by atoms with Gasteiger partial charge in [0, 0.05) is 18.2 Å². The van der Waals surface area contributed by atoms with Crippen LogP contribution in [0.4, 0.5) is 0 Å². The lowest BCUT2D eigenvalue weighted by atomic mass is 9.83. The van der Waals surface area contributed by atoms with E-state index < -0.39 is 0 Å². The molecule has 0 aliphatic carbocycles. The summed E-state index contributed by atoms with van der Waals surface area (Å²) in [6.07, 6.45) is 2.25. The molecule has 3 nitrogen and oxygen atoms in total. The van der Waals surface area contributed by atoms with E-state index in [1.165, 1.54) is 0 Å². The Bertz CT molecular complexity index is 385. The molecule has 3 heteroatoms. The van der Waals surface area contributed by atoms with Crippen molar-refractivity contribution in [3.8, 4) is 5.75 Å². The van der Waals surface area contributed by atoms with Crippen molar-refractivity contribution in [3.63, 3.8) is 0 Å². The third-order valence-corrected chi connectivity index (χ3v) is 3.51. The molecule has 0 radical (unpaired) electrons. The summed E-state index contributed by atoms with van der Waals surface area (Å²) in [6, 6.07) is 8.43. The summed E-state index contributed by atoms with van der Waals surface area (Å²) in [6.45, 7) is 9.65. The van der Waals surface area contributed by atoms with Crippen molar-refractivity contribution in [1.82, 2.24) is 5.01 Å². The van der Waals surface area contributed by atoms with Gasteiger partial charge in [-0.2, -0.15) is 0 Å². The van der Waals surface area contributed by atoms with Gasteiger partial charge in [-0.05, 0) is 17.9 Å². The lowest BCUT2D eigenvalue weighted by Crippen LogP contribution is -2.47. The van der Waals surface area contributed by atoms with Gasteiger partial charge in [-0.1, -0.05) is 52.3 Å². The van der Waals surface area contributed by atoms with Crippen LogP contribution in [0.1, 0.15) is 46.1 Å². The van der Waals surface area contributed by atoms with E-state index in [0.717, 1.165) is 24.2 Å². The molecule has 1 rings (SSSR count). The summed E-state index contributed by atoms with van der Waals surface area (Å²) >= 11 is 0. The number of methoxy groups -OCH3 is 1. The second-order valence-corrected chi connectivity index (χ2v) is 6.15. The maximum absolute atomic E-state index is 6.32. The van der Waals surface area contributed by atoms with Crippen LogP contribution in [0.15, 0.2) is 24.3 Å². The zero-order chi connectivity index (χ0) is 14.5. The molecule has 1 atom stereocenters. The monoisotopic (exact) mass is 264 g/mol. The SMILES string of the molecule is CCC[C@@H](N(N)Cc1ccccc1OC)C(C)(C)C. The highest BCUT2D eigenvalue weighted by Gasteiger charge is 2.28. The molecular formula is C16H28N2O. The topological polar surface area (TPSA) is 38.5 Å². The number of hydrazine groups is 1. The highest BCUT2D eigenvalue weighted by Crippen LogP contribution is 2.28. The average molecular weight is 264 g/mol. The predicted molar refractivity (Wildman–Crippen MR) is 80.9 cm³/mol. The fraction of sp³-hybridized carbons (Fsp3) is 0.625. The van der Waals surface area contributed by atoms with Gasteiger partial charge in [0.05, 0.1) is 7.11 Å². The molecule has 0 spiro atoms. The van der Waals surface area contributed by atoms with E-state index in [0.29, 0.717) is 12.6 Å². The predicted octanol–water partition coefficient (Wildman–Crippen LogP) is 3.59. The molecule has 1 aromatic carbocycles. The normalized spacial score (nSPS) is 13.6. The van der Waals surface area contributed by atoms with Crippen LogP contribution in [0.25, 0.3) is 0 Å². The van der Waals surface area contributed by atoms with Crippen LogP contribution in [0.2, 0.25) is 0 Å². The van der Waals surface area contributed by atoms with E-state index >= 15 is 0 Å². The van der Waals surface area contributed by atoms with Gasteiger partial charge in [0.25, 0.3) is 0 Å². The van der Waals surface area contributed by atoms with E-state index in [9.17, 15) is 0 Å². The lowest BCUT2D eigenvalue weighted by molar-refractivity contribution is 0.0833. The molecule has 0 fully saturated rings. The first-order valence-corrected chi connectivity index (χ1v) is 7.03. The lowest BCUT2D eigenvalue weighted by Gasteiger charge is -2.37. The fourth-order valence-corrected chi connectivity index (χ4v) is 2.51. The molecular weight excluding hydrogens is 236 g/mol. The van der Waals surface area contributed by atoms with E-state index in [1.54, 1.807) is 7.11 Å². The Morgan fingerprint density at radius 1 is 1.26 bits per heavy atom. The van der Waals surface area contributed by atoms with Gasteiger partial charge in [0.1, 0.15) is 5.75 Å². The highest BCUT2D eigenvalue weighted by molar-refractivity contribution is 5.33. The zero-order valence-corrected chi connectivity index (χ0v) is 12.9. The van der Waals surface area contributed by atoms with Crippen LogP contribution in [-0.4, -0.2) is 18.2 Å². The molecule has 19 heavy (non-hydrogen) atoms. The molecule has 2 N–H and O–H groups in total. The van der Waals surface area contributed by atoms with E-state index in [1.807, 2.05) is 23.2 Å². The van der Waals surface area contributed by atoms with Crippen LogP contribution in [0, 0.1) is 5.41 Å².